The molecule has 0 radical (unpaired) electrons. The average molecular weight is 459 g/mol. The van der Waals surface area contributed by atoms with Crippen LogP contribution in [0.2, 0.25) is 5.02 Å². The van der Waals surface area contributed by atoms with E-state index in [4.69, 9.17) is 34.0 Å². The minimum absolute atomic E-state index is 0.0695. The number of halogens is 1. The molecule has 3 aromatic rings. The molecule has 8 nitrogen and oxygen atoms in total. The number of benzene rings is 2. The summed E-state index contributed by atoms with van der Waals surface area (Å²) in [4.78, 5) is 25.3. The Kier molecular flexibility index (Phi) is 6.47. The summed E-state index contributed by atoms with van der Waals surface area (Å²) in [5.41, 5.74) is 7.20. The number of phenolic OH excluding ortho intramolecular Hbond substituents is 1. The topological polar surface area (TPSA) is 121 Å². The van der Waals surface area contributed by atoms with E-state index in [2.05, 4.69) is 10.6 Å². The SMILES string of the molecule is CN(C)c1c(-c2ccccc2NC(=O)c2ccco2)cc(Cl)c(C(=S)NC(N)=O)c1O. The van der Waals surface area contributed by atoms with Gasteiger partial charge in [0, 0.05) is 30.9 Å². The van der Waals surface area contributed by atoms with Crippen LogP contribution in [0, 0.1) is 0 Å². The number of nitrogens with two attached hydrogens (primary N) is 1. The molecule has 5 N–H and O–H groups in total. The van der Waals surface area contributed by atoms with Crippen LogP contribution in [-0.2, 0) is 0 Å². The van der Waals surface area contributed by atoms with Gasteiger partial charge in [0.05, 0.1) is 22.5 Å². The third-order valence-corrected chi connectivity index (χ3v) is 4.95. The van der Waals surface area contributed by atoms with Crippen LogP contribution in [0.5, 0.6) is 5.75 Å². The Bertz CT molecular complexity index is 1160. The highest BCUT2D eigenvalue weighted by atomic mass is 35.5. The highest BCUT2D eigenvalue weighted by molar-refractivity contribution is 7.80. The minimum Gasteiger partial charge on any atom is -0.505 e. The van der Waals surface area contributed by atoms with Gasteiger partial charge >= 0.3 is 6.03 Å². The maximum atomic E-state index is 12.5. The third-order valence-electron chi connectivity index (χ3n) is 4.35. The highest BCUT2D eigenvalue weighted by Gasteiger charge is 2.24. The molecule has 0 spiro atoms. The monoisotopic (exact) mass is 458 g/mol. The summed E-state index contributed by atoms with van der Waals surface area (Å²) in [5, 5.41) is 16.1. The van der Waals surface area contributed by atoms with E-state index in [0.29, 0.717) is 22.5 Å². The summed E-state index contributed by atoms with van der Waals surface area (Å²) in [7, 11) is 3.45. The molecule has 0 bridgehead atoms. The van der Waals surface area contributed by atoms with Crippen LogP contribution in [0.4, 0.5) is 16.2 Å². The smallest absolute Gasteiger partial charge is 0.317 e. The van der Waals surface area contributed by atoms with Crippen molar-refractivity contribution >= 4 is 52.1 Å². The first kappa shape index (κ1) is 22.1. The van der Waals surface area contributed by atoms with E-state index in [1.165, 1.54) is 6.26 Å². The normalized spacial score (nSPS) is 10.4. The largest absolute Gasteiger partial charge is 0.505 e. The summed E-state index contributed by atoms with van der Waals surface area (Å²) in [6, 6.07) is 10.9. The fraction of sp³-hybridized carbons (Fsp3) is 0.0952. The van der Waals surface area contributed by atoms with E-state index in [0.717, 1.165) is 0 Å². The zero-order valence-electron chi connectivity index (χ0n) is 16.6. The molecule has 31 heavy (non-hydrogen) atoms. The Morgan fingerprint density at radius 3 is 2.48 bits per heavy atom. The molecule has 0 aliphatic rings. The van der Waals surface area contributed by atoms with Gasteiger partial charge in [0.1, 0.15) is 4.99 Å². The Labute approximate surface area is 188 Å². The summed E-state index contributed by atoms with van der Waals surface area (Å²) in [5.74, 6) is -0.511. The predicted octanol–water partition coefficient (Wildman–Crippen LogP) is 3.97. The van der Waals surface area contributed by atoms with Crippen molar-refractivity contribution in [1.82, 2.24) is 5.32 Å². The van der Waals surface area contributed by atoms with Gasteiger partial charge < -0.3 is 25.5 Å². The number of furan rings is 1. The van der Waals surface area contributed by atoms with E-state index >= 15 is 0 Å². The Morgan fingerprint density at radius 1 is 1.16 bits per heavy atom. The number of carbonyl (C=O) groups excluding carboxylic acids is 2. The van der Waals surface area contributed by atoms with Crippen LogP contribution in [0.15, 0.2) is 53.1 Å². The Hall–Kier alpha value is -3.56. The number of amides is 3. The molecule has 3 rings (SSSR count). The number of hydrogen-bond donors (Lipinski definition) is 4. The summed E-state index contributed by atoms with van der Waals surface area (Å²) < 4.78 is 5.15. The van der Waals surface area contributed by atoms with Gasteiger partial charge in [0.25, 0.3) is 5.91 Å². The summed E-state index contributed by atoms with van der Waals surface area (Å²) >= 11 is 11.6. The average Bonchev–Trinajstić information content (AvgIpc) is 3.22. The molecule has 2 aromatic carbocycles. The number of para-hydroxylation sites is 1. The molecule has 0 atom stereocenters. The summed E-state index contributed by atoms with van der Waals surface area (Å²) in [6.07, 6.45) is 1.41. The van der Waals surface area contributed by atoms with Crippen LogP contribution in [0.3, 0.4) is 0 Å². The van der Waals surface area contributed by atoms with Crippen molar-refractivity contribution in [2.75, 3.05) is 24.3 Å². The molecule has 1 heterocycles. The number of carbonyl (C=O) groups is 2. The molecule has 0 aliphatic carbocycles. The third kappa shape index (κ3) is 4.62. The molecule has 0 saturated heterocycles. The van der Waals surface area contributed by atoms with E-state index in [9.17, 15) is 14.7 Å². The van der Waals surface area contributed by atoms with Crippen LogP contribution < -0.4 is 21.3 Å². The lowest BCUT2D eigenvalue weighted by Crippen LogP contribution is -2.34. The van der Waals surface area contributed by atoms with Crippen LogP contribution in [0.25, 0.3) is 11.1 Å². The zero-order chi connectivity index (χ0) is 22.7. The molecular weight excluding hydrogens is 440 g/mol. The van der Waals surface area contributed by atoms with Gasteiger partial charge in [-0.25, -0.2) is 4.79 Å². The fourth-order valence-electron chi connectivity index (χ4n) is 3.09. The second kappa shape index (κ2) is 9.07. The molecular formula is C21H19ClN4O4S. The molecule has 0 unspecified atom stereocenters. The van der Waals surface area contributed by atoms with Gasteiger partial charge in [-0.15, -0.1) is 0 Å². The van der Waals surface area contributed by atoms with E-state index in [-0.39, 0.29) is 27.1 Å². The van der Waals surface area contributed by atoms with Crippen molar-refractivity contribution in [2.24, 2.45) is 5.73 Å². The standard InChI is InChI=1S/C21H19ClN4O4S/c1-26(2)17-12(10-13(22)16(18(17)27)20(31)25-21(23)29)11-6-3-4-7-14(11)24-19(28)15-8-5-9-30-15/h3-10,27H,1-2H3,(H,24,28)(H3,23,25,29,31). The molecule has 160 valence electrons. The number of phenols is 1. The lowest BCUT2D eigenvalue weighted by Gasteiger charge is -2.23. The first-order chi connectivity index (χ1) is 14.7. The number of primary amides is 1. The maximum absolute atomic E-state index is 12.5. The van der Waals surface area contributed by atoms with Crippen molar-refractivity contribution in [1.29, 1.82) is 0 Å². The highest BCUT2D eigenvalue weighted by Crippen LogP contribution is 2.45. The first-order valence-corrected chi connectivity index (χ1v) is 9.77. The number of rotatable bonds is 5. The van der Waals surface area contributed by atoms with Crippen molar-refractivity contribution in [3.63, 3.8) is 0 Å². The van der Waals surface area contributed by atoms with Gasteiger partial charge in [0.2, 0.25) is 0 Å². The molecule has 0 saturated carbocycles. The molecule has 10 heteroatoms. The van der Waals surface area contributed by atoms with Crippen LogP contribution in [-0.4, -0.2) is 36.1 Å². The fourth-order valence-corrected chi connectivity index (χ4v) is 3.75. The molecule has 0 fully saturated rings. The number of nitrogens with one attached hydrogen (secondary N) is 2. The van der Waals surface area contributed by atoms with E-state index < -0.39 is 11.9 Å². The van der Waals surface area contributed by atoms with Crippen LogP contribution >= 0.6 is 23.8 Å². The molecule has 3 amide bonds. The van der Waals surface area contributed by atoms with E-state index in [1.54, 1.807) is 61.5 Å². The van der Waals surface area contributed by atoms with Gasteiger partial charge in [0.15, 0.2) is 11.5 Å². The van der Waals surface area contributed by atoms with Crippen molar-refractivity contribution < 1.29 is 19.1 Å². The van der Waals surface area contributed by atoms with Crippen molar-refractivity contribution in [3.8, 4) is 16.9 Å². The van der Waals surface area contributed by atoms with Gasteiger partial charge in [-0.05, 0) is 24.3 Å². The Balaban J connectivity index is 2.14. The number of hydrogen-bond acceptors (Lipinski definition) is 6. The Morgan fingerprint density at radius 2 is 1.87 bits per heavy atom. The number of nitrogens with zero attached hydrogens (tertiary/aromatic N) is 1. The van der Waals surface area contributed by atoms with Gasteiger partial charge in [-0.3, -0.25) is 10.1 Å². The van der Waals surface area contributed by atoms with Crippen molar-refractivity contribution in [2.45, 2.75) is 0 Å². The number of anilines is 2. The number of urea groups is 1. The lowest BCUT2D eigenvalue weighted by atomic mass is 9.97. The zero-order valence-corrected chi connectivity index (χ0v) is 18.2. The number of aromatic hydroxyl groups is 1. The van der Waals surface area contributed by atoms with Gasteiger partial charge in [-0.1, -0.05) is 42.0 Å². The van der Waals surface area contributed by atoms with Crippen molar-refractivity contribution in [3.05, 3.63) is 65.1 Å². The predicted molar refractivity (Wildman–Crippen MR) is 124 cm³/mol. The molecule has 0 aliphatic heterocycles. The van der Waals surface area contributed by atoms with E-state index in [1.807, 2.05) is 0 Å². The number of thiocarbonyl (C=S) groups is 1. The maximum Gasteiger partial charge on any atom is 0.317 e. The van der Waals surface area contributed by atoms with Crippen LogP contribution in [0.1, 0.15) is 16.1 Å². The summed E-state index contributed by atoms with van der Waals surface area (Å²) in [6.45, 7) is 0. The molecule has 1 aromatic heterocycles. The lowest BCUT2D eigenvalue weighted by molar-refractivity contribution is 0.0996. The quantitative estimate of drug-likeness (QED) is 0.429. The van der Waals surface area contributed by atoms with Gasteiger partial charge in [-0.2, -0.15) is 0 Å². The second-order valence-corrected chi connectivity index (χ2v) is 7.48. The minimum atomic E-state index is -0.873. The second-order valence-electron chi connectivity index (χ2n) is 6.67. The first-order valence-electron chi connectivity index (χ1n) is 8.98.